The van der Waals surface area contributed by atoms with Gasteiger partial charge >= 0.3 is 0 Å². The number of ether oxygens (including phenoxy) is 1. The average molecular weight is 382 g/mol. The highest BCUT2D eigenvalue weighted by atomic mass is 32.1. The second kappa shape index (κ2) is 7.15. The number of amides is 1. The minimum absolute atomic E-state index is 0.120. The number of rotatable bonds is 4. The Kier molecular flexibility index (Phi) is 4.70. The Bertz CT molecular complexity index is 991. The Balaban J connectivity index is 1.70. The van der Waals surface area contributed by atoms with Gasteiger partial charge in [-0.15, -0.1) is 11.3 Å². The zero-order chi connectivity index (χ0) is 19.0. The molecule has 0 bridgehead atoms. The van der Waals surface area contributed by atoms with Gasteiger partial charge in [0.25, 0.3) is 5.91 Å². The standard InChI is InChI=1S/C20H22N4O2S/c1-12-16-18(24-10-4-5-11-24)21-13(2)22-20(16)27-17(12)19(25)23-14-6-8-15(26-3)9-7-14/h6-9H,4-5,10-11H2,1-3H3,(H,23,25). The molecule has 4 rings (SSSR count). The van der Waals surface area contributed by atoms with Crippen LogP contribution in [0.25, 0.3) is 10.2 Å². The number of aryl methyl sites for hydroxylation is 2. The van der Waals surface area contributed by atoms with E-state index in [9.17, 15) is 4.79 Å². The van der Waals surface area contributed by atoms with Crippen molar-refractivity contribution < 1.29 is 9.53 Å². The van der Waals surface area contributed by atoms with Crippen LogP contribution in [-0.4, -0.2) is 36.1 Å². The van der Waals surface area contributed by atoms with E-state index in [0.717, 1.165) is 51.9 Å². The van der Waals surface area contributed by atoms with Crippen molar-refractivity contribution in [1.29, 1.82) is 0 Å². The fourth-order valence-corrected chi connectivity index (χ4v) is 4.57. The maximum atomic E-state index is 12.9. The van der Waals surface area contributed by atoms with Gasteiger partial charge in [-0.1, -0.05) is 0 Å². The number of methoxy groups -OCH3 is 1. The number of hydrogen-bond acceptors (Lipinski definition) is 6. The van der Waals surface area contributed by atoms with Crippen molar-refractivity contribution in [3.8, 4) is 5.75 Å². The smallest absolute Gasteiger partial charge is 0.266 e. The molecule has 1 N–H and O–H groups in total. The van der Waals surface area contributed by atoms with Gasteiger partial charge < -0.3 is 15.0 Å². The Hall–Kier alpha value is -2.67. The predicted molar refractivity (Wildman–Crippen MR) is 109 cm³/mol. The van der Waals surface area contributed by atoms with Gasteiger partial charge in [0.2, 0.25) is 0 Å². The molecule has 3 aromatic rings. The molecule has 1 saturated heterocycles. The Morgan fingerprint density at radius 2 is 1.85 bits per heavy atom. The minimum atomic E-state index is -0.120. The van der Waals surface area contributed by atoms with Gasteiger partial charge in [-0.2, -0.15) is 0 Å². The largest absolute Gasteiger partial charge is 0.497 e. The number of nitrogens with one attached hydrogen (secondary N) is 1. The van der Waals surface area contributed by atoms with Crippen molar-refractivity contribution in [3.63, 3.8) is 0 Å². The number of carbonyl (C=O) groups is 1. The lowest BCUT2D eigenvalue weighted by atomic mass is 10.2. The summed E-state index contributed by atoms with van der Waals surface area (Å²) < 4.78 is 5.16. The van der Waals surface area contributed by atoms with Gasteiger partial charge in [-0.3, -0.25) is 4.79 Å². The Labute approximate surface area is 162 Å². The summed E-state index contributed by atoms with van der Waals surface area (Å²) in [6, 6.07) is 7.32. The second-order valence-electron chi connectivity index (χ2n) is 6.71. The second-order valence-corrected chi connectivity index (χ2v) is 7.71. The summed E-state index contributed by atoms with van der Waals surface area (Å²) in [5, 5.41) is 3.98. The van der Waals surface area contributed by atoms with Gasteiger partial charge in [0.15, 0.2) is 0 Å². The van der Waals surface area contributed by atoms with Crippen LogP contribution in [-0.2, 0) is 0 Å². The molecule has 6 nitrogen and oxygen atoms in total. The van der Waals surface area contributed by atoms with E-state index < -0.39 is 0 Å². The topological polar surface area (TPSA) is 67.3 Å². The number of thiophene rings is 1. The van der Waals surface area contributed by atoms with E-state index in [1.165, 1.54) is 24.2 Å². The van der Waals surface area contributed by atoms with Crippen LogP contribution in [0.4, 0.5) is 11.5 Å². The molecule has 0 saturated carbocycles. The first kappa shape index (κ1) is 17.7. The van der Waals surface area contributed by atoms with Gasteiger partial charge in [-0.05, 0) is 56.5 Å². The van der Waals surface area contributed by atoms with Crippen molar-refractivity contribution in [3.05, 3.63) is 40.5 Å². The first-order valence-corrected chi connectivity index (χ1v) is 9.86. The first-order valence-electron chi connectivity index (χ1n) is 9.05. The van der Waals surface area contributed by atoms with E-state index in [0.29, 0.717) is 4.88 Å². The SMILES string of the molecule is COc1ccc(NC(=O)c2sc3nc(C)nc(N4CCCC4)c3c2C)cc1. The first-order chi connectivity index (χ1) is 13.1. The summed E-state index contributed by atoms with van der Waals surface area (Å²) in [6.45, 7) is 5.91. The average Bonchev–Trinajstić information content (AvgIpc) is 3.30. The third-order valence-electron chi connectivity index (χ3n) is 4.84. The van der Waals surface area contributed by atoms with Crippen LogP contribution in [0.1, 0.15) is 33.9 Å². The zero-order valence-corrected chi connectivity index (χ0v) is 16.5. The van der Waals surface area contributed by atoms with Crippen LogP contribution in [0.3, 0.4) is 0 Å². The highest BCUT2D eigenvalue weighted by molar-refractivity contribution is 7.20. The third-order valence-corrected chi connectivity index (χ3v) is 6.03. The molecular weight excluding hydrogens is 360 g/mol. The predicted octanol–water partition coefficient (Wildman–Crippen LogP) is 4.17. The molecule has 27 heavy (non-hydrogen) atoms. The van der Waals surface area contributed by atoms with Crippen molar-refractivity contribution in [1.82, 2.24) is 9.97 Å². The molecule has 2 aromatic heterocycles. The number of aromatic nitrogens is 2. The van der Waals surface area contributed by atoms with E-state index in [1.54, 1.807) is 7.11 Å². The van der Waals surface area contributed by atoms with Crippen molar-refractivity contribution in [2.45, 2.75) is 26.7 Å². The summed E-state index contributed by atoms with van der Waals surface area (Å²) >= 11 is 1.43. The molecule has 0 radical (unpaired) electrons. The van der Waals surface area contributed by atoms with Crippen LogP contribution in [0.15, 0.2) is 24.3 Å². The number of nitrogens with zero attached hydrogens (tertiary/aromatic N) is 3. The number of hydrogen-bond donors (Lipinski definition) is 1. The molecule has 3 heterocycles. The lowest BCUT2D eigenvalue weighted by molar-refractivity contribution is 0.103. The van der Waals surface area contributed by atoms with Gasteiger partial charge in [0.1, 0.15) is 22.2 Å². The van der Waals surface area contributed by atoms with Crippen LogP contribution in [0.5, 0.6) is 5.75 Å². The molecular formula is C20H22N4O2S. The Morgan fingerprint density at radius 3 is 2.52 bits per heavy atom. The highest BCUT2D eigenvalue weighted by Crippen LogP contribution is 2.36. The summed E-state index contributed by atoms with van der Waals surface area (Å²) in [7, 11) is 1.62. The maximum Gasteiger partial charge on any atom is 0.266 e. The number of carbonyl (C=O) groups excluding carboxylic acids is 1. The van der Waals surface area contributed by atoms with E-state index >= 15 is 0 Å². The highest BCUT2D eigenvalue weighted by Gasteiger charge is 2.24. The number of fused-ring (bicyclic) bond motifs is 1. The van der Waals surface area contributed by atoms with Crippen molar-refractivity contribution >= 4 is 39.0 Å². The summed E-state index contributed by atoms with van der Waals surface area (Å²) in [5.74, 6) is 2.35. The fourth-order valence-electron chi connectivity index (χ4n) is 3.46. The van der Waals surface area contributed by atoms with Crippen LogP contribution in [0.2, 0.25) is 0 Å². The van der Waals surface area contributed by atoms with Crippen LogP contribution in [0, 0.1) is 13.8 Å². The molecule has 1 aliphatic heterocycles. The van der Waals surface area contributed by atoms with Crippen LogP contribution < -0.4 is 15.0 Å². The van der Waals surface area contributed by atoms with Crippen molar-refractivity contribution in [2.75, 3.05) is 30.4 Å². The van der Waals surface area contributed by atoms with Gasteiger partial charge in [0, 0.05) is 18.8 Å². The summed E-state index contributed by atoms with van der Waals surface area (Å²) in [6.07, 6.45) is 2.36. The van der Waals surface area contributed by atoms with Gasteiger partial charge in [-0.25, -0.2) is 9.97 Å². The van der Waals surface area contributed by atoms with Crippen LogP contribution >= 0.6 is 11.3 Å². The lowest BCUT2D eigenvalue weighted by Gasteiger charge is -2.18. The van der Waals surface area contributed by atoms with E-state index in [1.807, 2.05) is 38.1 Å². The third kappa shape index (κ3) is 3.35. The fraction of sp³-hybridized carbons (Fsp3) is 0.350. The monoisotopic (exact) mass is 382 g/mol. The molecule has 0 unspecified atom stereocenters. The van der Waals surface area contributed by atoms with E-state index in [4.69, 9.17) is 9.72 Å². The number of benzene rings is 1. The molecule has 1 amide bonds. The Morgan fingerprint density at radius 1 is 1.15 bits per heavy atom. The summed E-state index contributed by atoms with van der Waals surface area (Å²) in [4.78, 5) is 26.0. The molecule has 1 fully saturated rings. The molecule has 0 aliphatic carbocycles. The van der Waals surface area contributed by atoms with E-state index in [2.05, 4.69) is 15.2 Å². The molecule has 1 aromatic carbocycles. The van der Waals surface area contributed by atoms with Crippen molar-refractivity contribution in [2.24, 2.45) is 0 Å². The number of anilines is 2. The normalized spacial score (nSPS) is 14.0. The molecule has 7 heteroatoms. The maximum absolute atomic E-state index is 12.9. The van der Waals surface area contributed by atoms with E-state index in [-0.39, 0.29) is 5.91 Å². The molecule has 140 valence electrons. The zero-order valence-electron chi connectivity index (χ0n) is 15.7. The quantitative estimate of drug-likeness (QED) is 0.733. The molecule has 1 aliphatic rings. The molecule has 0 atom stereocenters. The molecule has 0 spiro atoms. The minimum Gasteiger partial charge on any atom is -0.497 e. The lowest BCUT2D eigenvalue weighted by Crippen LogP contribution is -2.20. The van der Waals surface area contributed by atoms with Gasteiger partial charge in [0.05, 0.1) is 17.4 Å². The summed E-state index contributed by atoms with van der Waals surface area (Å²) in [5.41, 5.74) is 1.68.